The lowest BCUT2D eigenvalue weighted by atomic mass is 10.1. The highest BCUT2D eigenvalue weighted by molar-refractivity contribution is 8.18. The van der Waals surface area contributed by atoms with Crippen LogP contribution in [-0.4, -0.2) is 41.2 Å². The van der Waals surface area contributed by atoms with Crippen LogP contribution in [0.2, 0.25) is 0 Å². The Labute approximate surface area is 204 Å². The number of ether oxygens (including phenoxy) is 2. The maximum atomic E-state index is 12.9. The normalized spacial score (nSPS) is 15.6. The molecule has 7 nitrogen and oxygen atoms in total. The van der Waals surface area contributed by atoms with Crippen LogP contribution in [0.15, 0.2) is 41.3 Å². The number of hydrogen-bond donors (Lipinski definition) is 1. The lowest BCUT2D eigenvalue weighted by Crippen LogP contribution is -2.36. The van der Waals surface area contributed by atoms with Gasteiger partial charge >= 0.3 is 0 Å². The molecule has 34 heavy (non-hydrogen) atoms. The molecule has 0 spiro atoms. The van der Waals surface area contributed by atoms with Crippen molar-refractivity contribution >= 4 is 40.6 Å². The van der Waals surface area contributed by atoms with Gasteiger partial charge in [-0.15, -0.1) is 0 Å². The fourth-order valence-electron chi connectivity index (χ4n) is 3.29. The highest BCUT2D eigenvalue weighted by atomic mass is 32.2. The van der Waals surface area contributed by atoms with E-state index in [0.29, 0.717) is 29.4 Å². The molecule has 1 atom stereocenters. The SMILES string of the molecule is CCOc1cc(/C=C2/SC(=O)N(CC(=O)Nc3cccc(C)c3C)C2=O)ccc1O[C@H](C)CC. The van der Waals surface area contributed by atoms with Crippen molar-refractivity contribution in [3.63, 3.8) is 0 Å². The van der Waals surface area contributed by atoms with Gasteiger partial charge in [0.25, 0.3) is 11.1 Å². The van der Waals surface area contributed by atoms with E-state index in [1.54, 1.807) is 30.3 Å². The molecular formula is C26H30N2O5S. The number of anilines is 1. The fraction of sp³-hybridized carbons (Fsp3) is 0.346. The number of benzene rings is 2. The number of carbonyl (C=O) groups is 3. The van der Waals surface area contributed by atoms with Gasteiger partial charge in [-0.2, -0.15) is 0 Å². The van der Waals surface area contributed by atoms with Crippen LogP contribution in [0, 0.1) is 13.8 Å². The van der Waals surface area contributed by atoms with E-state index in [4.69, 9.17) is 9.47 Å². The molecule has 3 amide bonds. The third-order valence-electron chi connectivity index (χ3n) is 5.52. The fourth-order valence-corrected chi connectivity index (χ4v) is 4.13. The van der Waals surface area contributed by atoms with Crippen LogP contribution >= 0.6 is 11.8 Å². The lowest BCUT2D eigenvalue weighted by molar-refractivity contribution is -0.127. The van der Waals surface area contributed by atoms with Crippen LogP contribution in [0.25, 0.3) is 6.08 Å². The minimum Gasteiger partial charge on any atom is -0.490 e. The van der Waals surface area contributed by atoms with E-state index in [9.17, 15) is 14.4 Å². The summed E-state index contributed by atoms with van der Waals surface area (Å²) >= 11 is 0.815. The second kappa shape index (κ2) is 11.2. The molecule has 0 bridgehead atoms. The molecule has 0 aromatic heterocycles. The molecule has 1 N–H and O–H groups in total. The summed E-state index contributed by atoms with van der Waals surface area (Å²) in [5.74, 6) is 0.277. The maximum Gasteiger partial charge on any atom is 0.294 e. The zero-order chi connectivity index (χ0) is 24.8. The number of nitrogens with zero attached hydrogens (tertiary/aromatic N) is 1. The second-order valence-corrected chi connectivity index (χ2v) is 9.03. The molecule has 8 heteroatoms. The molecule has 2 aromatic carbocycles. The van der Waals surface area contributed by atoms with Gasteiger partial charge in [0.05, 0.1) is 17.6 Å². The summed E-state index contributed by atoms with van der Waals surface area (Å²) in [6.07, 6.45) is 2.52. The second-order valence-electron chi connectivity index (χ2n) is 8.04. The number of thioether (sulfide) groups is 1. The molecule has 2 aromatic rings. The maximum absolute atomic E-state index is 12.9. The van der Waals surface area contributed by atoms with E-state index in [2.05, 4.69) is 5.32 Å². The predicted octanol–water partition coefficient (Wildman–Crippen LogP) is 5.55. The quantitative estimate of drug-likeness (QED) is 0.472. The smallest absolute Gasteiger partial charge is 0.294 e. The Balaban J connectivity index is 1.74. The van der Waals surface area contributed by atoms with Crippen molar-refractivity contribution in [3.8, 4) is 11.5 Å². The predicted molar refractivity (Wildman–Crippen MR) is 135 cm³/mol. The Hall–Kier alpha value is -3.26. The van der Waals surface area contributed by atoms with Gasteiger partial charge in [0, 0.05) is 5.69 Å². The average molecular weight is 483 g/mol. The van der Waals surface area contributed by atoms with E-state index in [0.717, 1.165) is 34.2 Å². The Morgan fingerprint density at radius 2 is 1.91 bits per heavy atom. The molecule has 0 saturated carbocycles. The Kier molecular flexibility index (Phi) is 8.39. The summed E-state index contributed by atoms with van der Waals surface area (Å²) in [5.41, 5.74) is 3.34. The first-order chi connectivity index (χ1) is 16.2. The highest BCUT2D eigenvalue weighted by Gasteiger charge is 2.36. The number of hydrogen-bond acceptors (Lipinski definition) is 6. The third-order valence-corrected chi connectivity index (χ3v) is 6.43. The first-order valence-corrected chi connectivity index (χ1v) is 12.1. The number of amides is 3. The molecule has 1 heterocycles. The van der Waals surface area contributed by atoms with Crippen molar-refractivity contribution < 1.29 is 23.9 Å². The topological polar surface area (TPSA) is 84.9 Å². The van der Waals surface area contributed by atoms with Crippen LogP contribution in [0.3, 0.4) is 0 Å². The molecule has 0 aliphatic carbocycles. The molecule has 1 saturated heterocycles. The van der Waals surface area contributed by atoms with Crippen molar-refractivity contribution in [2.24, 2.45) is 0 Å². The summed E-state index contributed by atoms with van der Waals surface area (Å²) in [6, 6.07) is 11.0. The van der Waals surface area contributed by atoms with Gasteiger partial charge in [0.1, 0.15) is 6.54 Å². The lowest BCUT2D eigenvalue weighted by Gasteiger charge is -2.16. The molecule has 0 radical (unpaired) electrons. The molecule has 1 aliphatic rings. The van der Waals surface area contributed by atoms with Gasteiger partial charge in [0.2, 0.25) is 5.91 Å². The Morgan fingerprint density at radius 3 is 2.62 bits per heavy atom. The van der Waals surface area contributed by atoms with Crippen LogP contribution < -0.4 is 14.8 Å². The zero-order valence-corrected chi connectivity index (χ0v) is 21.0. The van der Waals surface area contributed by atoms with Crippen molar-refractivity contribution in [2.75, 3.05) is 18.5 Å². The minimum atomic E-state index is -0.496. The number of imide groups is 1. The van der Waals surface area contributed by atoms with E-state index in [1.807, 2.05) is 46.8 Å². The summed E-state index contributed by atoms with van der Waals surface area (Å²) in [7, 11) is 0. The van der Waals surface area contributed by atoms with Crippen LogP contribution in [0.5, 0.6) is 11.5 Å². The minimum absolute atomic E-state index is 0.0382. The number of nitrogens with one attached hydrogen (secondary N) is 1. The highest BCUT2D eigenvalue weighted by Crippen LogP contribution is 2.35. The number of aryl methyl sites for hydroxylation is 1. The van der Waals surface area contributed by atoms with Gasteiger partial charge in [-0.25, -0.2) is 0 Å². The van der Waals surface area contributed by atoms with E-state index >= 15 is 0 Å². The third kappa shape index (κ3) is 5.99. The zero-order valence-electron chi connectivity index (χ0n) is 20.1. The summed E-state index contributed by atoms with van der Waals surface area (Å²) in [6.45, 7) is 9.88. The Morgan fingerprint density at radius 1 is 1.15 bits per heavy atom. The van der Waals surface area contributed by atoms with Gasteiger partial charge in [-0.1, -0.05) is 25.1 Å². The van der Waals surface area contributed by atoms with E-state index < -0.39 is 17.1 Å². The number of rotatable bonds is 9. The summed E-state index contributed by atoms with van der Waals surface area (Å²) < 4.78 is 11.6. The van der Waals surface area contributed by atoms with E-state index in [-0.39, 0.29) is 17.6 Å². The summed E-state index contributed by atoms with van der Waals surface area (Å²) in [4.78, 5) is 39.1. The molecule has 0 unspecified atom stereocenters. The van der Waals surface area contributed by atoms with Crippen molar-refractivity contribution in [1.29, 1.82) is 0 Å². The average Bonchev–Trinajstić information content (AvgIpc) is 3.06. The first-order valence-electron chi connectivity index (χ1n) is 11.3. The van der Waals surface area contributed by atoms with Gasteiger partial charge in [0.15, 0.2) is 11.5 Å². The molecule has 180 valence electrons. The standard InChI is InChI=1S/C26H30N2O5S/c1-6-17(4)33-21-12-11-19(13-22(21)32-7-2)14-23-25(30)28(26(31)34-23)15-24(29)27-20-10-8-9-16(3)18(20)5/h8-14,17H,6-7,15H2,1-5H3,(H,27,29)/b23-14+/t17-/m1/s1. The van der Waals surface area contributed by atoms with Crippen molar-refractivity contribution in [3.05, 3.63) is 58.0 Å². The van der Waals surface area contributed by atoms with Crippen molar-refractivity contribution in [1.82, 2.24) is 4.90 Å². The van der Waals surface area contributed by atoms with Crippen molar-refractivity contribution in [2.45, 2.75) is 47.1 Å². The summed E-state index contributed by atoms with van der Waals surface area (Å²) in [5, 5.41) is 2.31. The first kappa shape index (κ1) is 25.4. The van der Waals surface area contributed by atoms with Crippen LogP contribution in [-0.2, 0) is 9.59 Å². The van der Waals surface area contributed by atoms with Crippen LogP contribution in [0.4, 0.5) is 10.5 Å². The Bertz CT molecular complexity index is 1130. The molecule has 3 rings (SSSR count). The number of carbonyl (C=O) groups excluding carboxylic acids is 3. The van der Waals surface area contributed by atoms with Gasteiger partial charge < -0.3 is 14.8 Å². The van der Waals surface area contributed by atoms with Gasteiger partial charge in [-0.3, -0.25) is 19.3 Å². The molecular weight excluding hydrogens is 452 g/mol. The van der Waals surface area contributed by atoms with Crippen LogP contribution in [0.1, 0.15) is 43.9 Å². The van der Waals surface area contributed by atoms with Gasteiger partial charge in [-0.05, 0) is 86.8 Å². The molecule has 1 fully saturated rings. The molecule has 1 aliphatic heterocycles. The largest absolute Gasteiger partial charge is 0.490 e. The van der Waals surface area contributed by atoms with E-state index in [1.165, 1.54) is 0 Å². The monoisotopic (exact) mass is 482 g/mol.